The number of aryl methyl sites for hydroxylation is 1. The number of thiophene rings is 1. The van der Waals surface area contributed by atoms with Gasteiger partial charge in [-0.3, -0.25) is 14.2 Å². The van der Waals surface area contributed by atoms with Crippen molar-refractivity contribution in [3.63, 3.8) is 0 Å². The van der Waals surface area contributed by atoms with Gasteiger partial charge in [-0.2, -0.15) is 0 Å². The standard InChI is InChI=1S/C23H26N2O3S2/c1-5-28-21(27)23(3,4)30-22-24-19-18(16-12-11-14(2)13-17(16)29-19)20(26)25(22)15-9-7-6-8-10-15/h6-10,14H,5,11-13H2,1-4H3. The molecule has 7 heteroatoms. The van der Waals surface area contributed by atoms with Gasteiger partial charge in [-0.25, -0.2) is 4.98 Å². The zero-order valence-corrected chi connectivity index (χ0v) is 19.4. The minimum atomic E-state index is -0.870. The van der Waals surface area contributed by atoms with E-state index in [1.54, 1.807) is 22.8 Å². The molecule has 0 aliphatic heterocycles. The highest BCUT2D eigenvalue weighted by Crippen LogP contribution is 2.39. The lowest BCUT2D eigenvalue weighted by Gasteiger charge is -2.23. The average molecular weight is 443 g/mol. The maximum atomic E-state index is 13.7. The van der Waals surface area contributed by atoms with Gasteiger partial charge in [-0.15, -0.1) is 11.3 Å². The Balaban J connectivity index is 1.92. The molecule has 0 saturated heterocycles. The van der Waals surface area contributed by atoms with Gasteiger partial charge in [-0.1, -0.05) is 36.9 Å². The van der Waals surface area contributed by atoms with Crippen molar-refractivity contribution in [2.75, 3.05) is 6.61 Å². The van der Waals surface area contributed by atoms with E-state index < -0.39 is 4.75 Å². The molecular formula is C23H26N2O3S2. The van der Waals surface area contributed by atoms with Crippen LogP contribution in [0.4, 0.5) is 0 Å². The lowest BCUT2D eigenvalue weighted by atomic mass is 9.89. The molecule has 0 saturated carbocycles. The van der Waals surface area contributed by atoms with Crippen molar-refractivity contribution < 1.29 is 9.53 Å². The first-order valence-electron chi connectivity index (χ1n) is 10.3. The normalized spacial score (nSPS) is 16.5. The van der Waals surface area contributed by atoms with Crippen LogP contribution >= 0.6 is 23.1 Å². The van der Waals surface area contributed by atoms with E-state index in [4.69, 9.17) is 9.72 Å². The van der Waals surface area contributed by atoms with Gasteiger partial charge in [0.25, 0.3) is 5.56 Å². The Kier molecular flexibility index (Phi) is 5.77. The number of aromatic nitrogens is 2. The molecule has 2 aromatic heterocycles. The Bertz CT molecular complexity index is 1150. The first-order chi connectivity index (χ1) is 14.3. The van der Waals surface area contributed by atoms with Crippen LogP contribution in [-0.2, 0) is 22.4 Å². The van der Waals surface area contributed by atoms with Crippen molar-refractivity contribution in [1.82, 2.24) is 9.55 Å². The zero-order valence-electron chi connectivity index (χ0n) is 17.7. The van der Waals surface area contributed by atoms with Gasteiger partial charge in [0.2, 0.25) is 0 Å². The Labute approximate surface area is 184 Å². The molecule has 158 valence electrons. The summed E-state index contributed by atoms with van der Waals surface area (Å²) in [6, 6.07) is 9.53. The maximum absolute atomic E-state index is 13.7. The van der Waals surface area contributed by atoms with E-state index in [0.717, 1.165) is 40.7 Å². The molecule has 0 spiro atoms. The summed E-state index contributed by atoms with van der Waals surface area (Å²) in [5.41, 5.74) is 1.86. The molecule has 2 heterocycles. The molecular weight excluding hydrogens is 416 g/mol. The predicted octanol–water partition coefficient (Wildman–Crippen LogP) is 5.01. The van der Waals surface area contributed by atoms with E-state index >= 15 is 0 Å². The smallest absolute Gasteiger partial charge is 0.322 e. The van der Waals surface area contributed by atoms with Gasteiger partial charge < -0.3 is 4.74 Å². The fourth-order valence-electron chi connectivity index (χ4n) is 3.82. The highest BCUT2D eigenvalue weighted by atomic mass is 32.2. The zero-order chi connectivity index (χ0) is 21.5. The van der Waals surface area contributed by atoms with Crippen LogP contribution < -0.4 is 5.56 Å². The summed E-state index contributed by atoms with van der Waals surface area (Å²) in [6.45, 7) is 7.98. The molecule has 1 unspecified atom stereocenters. The van der Waals surface area contributed by atoms with E-state index in [9.17, 15) is 9.59 Å². The molecule has 0 N–H and O–H groups in total. The number of ether oxygens (including phenoxy) is 1. The molecule has 30 heavy (non-hydrogen) atoms. The number of nitrogens with zero attached hydrogens (tertiary/aromatic N) is 2. The third-order valence-corrected chi connectivity index (χ3v) is 7.71. The van der Waals surface area contributed by atoms with E-state index in [2.05, 4.69) is 6.92 Å². The van der Waals surface area contributed by atoms with Crippen molar-refractivity contribution in [2.24, 2.45) is 5.92 Å². The second-order valence-corrected chi connectivity index (χ2v) is 10.9. The van der Waals surface area contributed by atoms with E-state index in [-0.39, 0.29) is 11.5 Å². The number of benzene rings is 1. The number of carbonyl (C=O) groups is 1. The molecule has 1 atom stereocenters. The molecule has 1 aliphatic carbocycles. The minimum absolute atomic E-state index is 0.0552. The van der Waals surface area contributed by atoms with Gasteiger partial charge in [0.15, 0.2) is 5.16 Å². The van der Waals surface area contributed by atoms with Crippen molar-refractivity contribution in [3.05, 3.63) is 51.1 Å². The molecule has 0 amide bonds. The van der Waals surface area contributed by atoms with Gasteiger partial charge in [0.1, 0.15) is 9.58 Å². The average Bonchev–Trinajstić information content (AvgIpc) is 3.06. The van der Waals surface area contributed by atoms with Crippen molar-refractivity contribution in [2.45, 2.75) is 56.9 Å². The van der Waals surface area contributed by atoms with Crippen molar-refractivity contribution in [1.29, 1.82) is 0 Å². The number of thioether (sulfide) groups is 1. The van der Waals surface area contributed by atoms with E-state index in [1.165, 1.54) is 16.6 Å². The number of hydrogen-bond donors (Lipinski definition) is 0. The molecule has 4 rings (SSSR count). The van der Waals surface area contributed by atoms with Crippen LogP contribution in [-0.4, -0.2) is 26.9 Å². The number of esters is 1. The molecule has 0 fully saturated rings. The fourth-order valence-corrected chi connectivity index (χ4v) is 6.27. The first-order valence-corrected chi connectivity index (χ1v) is 11.9. The largest absolute Gasteiger partial charge is 0.465 e. The van der Waals surface area contributed by atoms with Crippen LogP contribution in [0.3, 0.4) is 0 Å². The van der Waals surface area contributed by atoms with Crippen LogP contribution in [0.15, 0.2) is 40.3 Å². The van der Waals surface area contributed by atoms with Gasteiger partial charge in [-0.05, 0) is 63.6 Å². The second-order valence-electron chi connectivity index (χ2n) is 8.24. The Morgan fingerprint density at radius 2 is 2.07 bits per heavy atom. The summed E-state index contributed by atoms with van der Waals surface area (Å²) in [5.74, 6) is 0.307. The second kappa shape index (κ2) is 8.19. The summed E-state index contributed by atoms with van der Waals surface area (Å²) in [5, 5.41) is 1.26. The van der Waals surface area contributed by atoms with Crippen molar-refractivity contribution in [3.8, 4) is 5.69 Å². The molecule has 1 aliphatic rings. The van der Waals surface area contributed by atoms with Gasteiger partial charge >= 0.3 is 5.97 Å². The lowest BCUT2D eigenvalue weighted by molar-refractivity contribution is -0.145. The highest BCUT2D eigenvalue weighted by molar-refractivity contribution is 8.01. The third kappa shape index (κ3) is 3.81. The SMILES string of the molecule is CCOC(=O)C(C)(C)Sc1nc2sc3c(c2c(=O)n1-c1ccccc1)CCC(C)C3. The molecule has 3 aromatic rings. The Morgan fingerprint density at radius 3 is 2.77 bits per heavy atom. The van der Waals surface area contributed by atoms with Crippen LogP contribution in [0.2, 0.25) is 0 Å². The number of carbonyl (C=O) groups excluding carboxylic acids is 1. The summed E-state index contributed by atoms with van der Waals surface area (Å²) in [6.07, 6.45) is 3.01. The van der Waals surface area contributed by atoms with Crippen molar-refractivity contribution >= 4 is 39.3 Å². The van der Waals surface area contributed by atoms with Crippen LogP contribution in [0.5, 0.6) is 0 Å². The van der Waals surface area contributed by atoms with E-state index in [1.807, 2.05) is 44.2 Å². The number of para-hydroxylation sites is 1. The van der Waals surface area contributed by atoms with Crippen LogP contribution in [0, 0.1) is 5.92 Å². The Morgan fingerprint density at radius 1 is 1.33 bits per heavy atom. The highest BCUT2D eigenvalue weighted by Gasteiger charge is 2.34. The summed E-state index contributed by atoms with van der Waals surface area (Å²) < 4.78 is 6.03. The predicted molar refractivity (Wildman–Crippen MR) is 123 cm³/mol. The summed E-state index contributed by atoms with van der Waals surface area (Å²) in [4.78, 5) is 33.2. The molecule has 1 aromatic carbocycles. The maximum Gasteiger partial charge on any atom is 0.322 e. The monoisotopic (exact) mass is 442 g/mol. The van der Waals surface area contributed by atoms with Crippen LogP contribution in [0.25, 0.3) is 15.9 Å². The topological polar surface area (TPSA) is 61.2 Å². The van der Waals surface area contributed by atoms with E-state index in [0.29, 0.717) is 17.7 Å². The minimum Gasteiger partial charge on any atom is -0.465 e. The third-order valence-electron chi connectivity index (χ3n) is 5.43. The Hall–Kier alpha value is -2.12. The van der Waals surface area contributed by atoms with Gasteiger partial charge in [0, 0.05) is 4.88 Å². The first kappa shape index (κ1) is 21.1. The molecule has 5 nitrogen and oxygen atoms in total. The number of rotatable bonds is 5. The summed E-state index contributed by atoms with van der Waals surface area (Å²) in [7, 11) is 0. The number of hydrogen-bond acceptors (Lipinski definition) is 6. The van der Waals surface area contributed by atoms with Gasteiger partial charge in [0.05, 0.1) is 17.7 Å². The molecule has 0 bridgehead atoms. The van der Waals surface area contributed by atoms with Crippen LogP contribution in [0.1, 0.15) is 44.6 Å². The fraction of sp³-hybridized carbons (Fsp3) is 0.435. The quantitative estimate of drug-likeness (QED) is 0.316. The lowest BCUT2D eigenvalue weighted by Crippen LogP contribution is -2.32. The summed E-state index contributed by atoms with van der Waals surface area (Å²) >= 11 is 2.90. The molecule has 0 radical (unpaired) electrons. The number of fused-ring (bicyclic) bond motifs is 3.